The van der Waals surface area contributed by atoms with Crippen molar-refractivity contribution in [3.63, 3.8) is 0 Å². The summed E-state index contributed by atoms with van der Waals surface area (Å²) in [6, 6.07) is 5.44. The largest absolute Gasteiger partial charge is 0.303 e. The number of hydrogen-bond acceptors (Lipinski definition) is 3. The smallest absolute Gasteiger partial charge is 0.126 e. The van der Waals surface area contributed by atoms with E-state index in [-0.39, 0.29) is 6.42 Å². The molecule has 1 aromatic carbocycles. The number of aromatic nitrogens is 2. The molecule has 0 saturated heterocycles. The summed E-state index contributed by atoms with van der Waals surface area (Å²) in [4.78, 5) is 10.4. The van der Waals surface area contributed by atoms with Gasteiger partial charge in [0.2, 0.25) is 0 Å². The van der Waals surface area contributed by atoms with Gasteiger partial charge in [-0.05, 0) is 12.1 Å². The van der Waals surface area contributed by atoms with Crippen molar-refractivity contribution in [3.8, 4) is 0 Å². The first kappa shape index (κ1) is 9.09. The highest BCUT2D eigenvalue weighted by atomic mass is 35.5. The molecule has 0 amide bonds. The molecule has 4 heteroatoms. The van der Waals surface area contributed by atoms with Gasteiger partial charge in [0.05, 0.1) is 11.9 Å². The van der Waals surface area contributed by atoms with E-state index < -0.39 is 0 Å². The van der Waals surface area contributed by atoms with Gasteiger partial charge in [-0.25, -0.2) is 0 Å². The zero-order valence-corrected chi connectivity index (χ0v) is 8.03. The number of carbonyl (C=O) groups is 1. The van der Waals surface area contributed by atoms with Crippen LogP contribution >= 0.6 is 11.6 Å². The van der Waals surface area contributed by atoms with E-state index >= 15 is 0 Å². The standard InChI is InChI=1S/C10H7ClN2O/c11-8-1-2-9-7(5-8)6-12-13-10(9)3-4-14/h1-2,4-6H,3H2. The minimum atomic E-state index is 0.284. The van der Waals surface area contributed by atoms with E-state index in [9.17, 15) is 4.79 Å². The molecule has 0 fully saturated rings. The van der Waals surface area contributed by atoms with Crippen LogP contribution < -0.4 is 0 Å². The predicted octanol–water partition coefficient (Wildman–Crippen LogP) is 2.02. The lowest BCUT2D eigenvalue weighted by molar-refractivity contribution is -0.107. The Kier molecular flexibility index (Phi) is 2.41. The number of fused-ring (bicyclic) bond motifs is 1. The van der Waals surface area contributed by atoms with Crippen molar-refractivity contribution in [2.45, 2.75) is 6.42 Å². The van der Waals surface area contributed by atoms with E-state index in [2.05, 4.69) is 10.2 Å². The zero-order chi connectivity index (χ0) is 9.97. The lowest BCUT2D eigenvalue weighted by atomic mass is 10.1. The van der Waals surface area contributed by atoms with Gasteiger partial charge in [-0.2, -0.15) is 10.2 Å². The van der Waals surface area contributed by atoms with Gasteiger partial charge in [0.25, 0.3) is 0 Å². The van der Waals surface area contributed by atoms with Crippen LogP contribution in [-0.4, -0.2) is 16.5 Å². The quantitative estimate of drug-likeness (QED) is 0.706. The summed E-state index contributed by atoms with van der Waals surface area (Å²) >= 11 is 5.83. The van der Waals surface area contributed by atoms with Crippen molar-refractivity contribution < 1.29 is 4.79 Å². The molecule has 0 aliphatic heterocycles. The Morgan fingerprint density at radius 1 is 1.43 bits per heavy atom. The minimum Gasteiger partial charge on any atom is -0.303 e. The third-order valence-corrected chi connectivity index (χ3v) is 2.21. The van der Waals surface area contributed by atoms with Crippen LogP contribution in [0.2, 0.25) is 5.02 Å². The van der Waals surface area contributed by atoms with Crippen molar-refractivity contribution in [1.82, 2.24) is 10.2 Å². The van der Waals surface area contributed by atoms with E-state index in [1.165, 1.54) is 0 Å². The summed E-state index contributed by atoms with van der Waals surface area (Å²) in [6.45, 7) is 0. The predicted molar refractivity (Wildman–Crippen MR) is 54.3 cm³/mol. The number of hydrogen-bond donors (Lipinski definition) is 0. The van der Waals surface area contributed by atoms with Crippen LogP contribution in [0.15, 0.2) is 24.4 Å². The van der Waals surface area contributed by atoms with E-state index in [0.717, 1.165) is 17.1 Å². The monoisotopic (exact) mass is 206 g/mol. The second kappa shape index (κ2) is 3.72. The third-order valence-electron chi connectivity index (χ3n) is 1.98. The van der Waals surface area contributed by atoms with Crippen LogP contribution in [-0.2, 0) is 11.2 Å². The topological polar surface area (TPSA) is 42.9 Å². The van der Waals surface area contributed by atoms with Gasteiger partial charge < -0.3 is 4.79 Å². The number of aldehydes is 1. The molecule has 0 bridgehead atoms. The van der Waals surface area contributed by atoms with Crippen molar-refractivity contribution in [2.24, 2.45) is 0 Å². The number of rotatable bonds is 2. The highest BCUT2D eigenvalue weighted by molar-refractivity contribution is 6.31. The molecule has 0 N–H and O–H groups in total. The molecule has 0 saturated carbocycles. The van der Waals surface area contributed by atoms with Gasteiger partial charge in [0, 0.05) is 22.2 Å². The van der Waals surface area contributed by atoms with Gasteiger partial charge in [-0.1, -0.05) is 17.7 Å². The Balaban J connectivity index is 2.68. The van der Waals surface area contributed by atoms with Gasteiger partial charge in [-0.15, -0.1) is 0 Å². The molecular formula is C10H7ClN2O. The highest BCUT2D eigenvalue weighted by Crippen LogP contribution is 2.20. The molecule has 0 spiro atoms. The van der Waals surface area contributed by atoms with Crippen LogP contribution in [0, 0.1) is 0 Å². The number of halogens is 1. The van der Waals surface area contributed by atoms with E-state index in [1.54, 1.807) is 18.3 Å². The van der Waals surface area contributed by atoms with Crippen LogP contribution in [0.25, 0.3) is 10.8 Å². The molecule has 14 heavy (non-hydrogen) atoms. The molecule has 0 aliphatic rings. The molecule has 1 heterocycles. The second-order valence-corrected chi connectivity index (χ2v) is 3.33. The molecule has 0 aliphatic carbocycles. The molecular weight excluding hydrogens is 200 g/mol. The van der Waals surface area contributed by atoms with Gasteiger partial charge in [0.1, 0.15) is 6.29 Å². The summed E-state index contributed by atoms with van der Waals surface area (Å²) in [5.74, 6) is 0. The van der Waals surface area contributed by atoms with Gasteiger partial charge in [-0.3, -0.25) is 0 Å². The Hall–Kier alpha value is -1.48. The van der Waals surface area contributed by atoms with Crippen molar-refractivity contribution in [1.29, 1.82) is 0 Å². The Morgan fingerprint density at radius 2 is 2.29 bits per heavy atom. The van der Waals surface area contributed by atoms with Gasteiger partial charge in [0.15, 0.2) is 0 Å². The fraction of sp³-hybridized carbons (Fsp3) is 0.100. The number of benzene rings is 1. The molecule has 3 nitrogen and oxygen atoms in total. The molecule has 1 aromatic heterocycles. The Labute approximate surface area is 85.7 Å². The first-order chi connectivity index (χ1) is 6.81. The van der Waals surface area contributed by atoms with E-state index in [1.807, 2.05) is 6.07 Å². The van der Waals surface area contributed by atoms with E-state index in [0.29, 0.717) is 10.7 Å². The molecule has 2 rings (SSSR count). The molecule has 2 aromatic rings. The first-order valence-corrected chi connectivity index (χ1v) is 4.52. The average Bonchev–Trinajstić information content (AvgIpc) is 2.18. The maximum atomic E-state index is 10.4. The maximum Gasteiger partial charge on any atom is 0.126 e. The third kappa shape index (κ3) is 1.59. The summed E-state index contributed by atoms with van der Waals surface area (Å²) in [5, 5.41) is 10.2. The Bertz CT molecular complexity index is 485. The summed E-state index contributed by atoms with van der Waals surface area (Å²) in [6.07, 6.45) is 2.74. The lowest BCUT2D eigenvalue weighted by Gasteiger charge is -2.01. The normalized spacial score (nSPS) is 10.4. The van der Waals surface area contributed by atoms with Crippen LogP contribution in [0.4, 0.5) is 0 Å². The molecule has 0 radical (unpaired) electrons. The lowest BCUT2D eigenvalue weighted by Crippen LogP contribution is -1.95. The van der Waals surface area contributed by atoms with Crippen LogP contribution in [0.1, 0.15) is 5.69 Å². The number of carbonyl (C=O) groups excluding carboxylic acids is 1. The fourth-order valence-electron chi connectivity index (χ4n) is 1.35. The van der Waals surface area contributed by atoms with Crippen molar-refractivity contribution in [2.75, 3.05) is 0 Å². The molecule has 0 atom stereocenters. The summed E-state index contributed by atoms with van der Waals surface area (Å²) in [5.41, 5.74) is 0.689. The van der Waals surface area contributed by atoms with E-state index in [4.69, 9.17) is 11.6 Å². The van der Waals surface area contributed by atoms with Crippen molar-refractivity contribution >= 4 is 28.7 Å². The minimum absolute atomic E-state index is 0.284. The van der Waals surface area contributed by atoms with Gasteiger partial charge >= 0.3 is 0 Å². The number of nitrogens with zero attached hydrogens (tertiary/aromatic N) is 2. The zero-order valence-electron chi connectivity index (χ0n) is 7.27. The second-order valence-electron chi connectivity index (χ2n) is 2.89. The summed E-state index contributed by atoms with van der Waals surface area (Å²) in [7, 11) is 0. The highest BCUT2D eigenvalue weighted by Gasteiger charge is 2.02. The fourth-order valence-corrected chi connectivity index (χ4v) is 1.53. The van der Waals surface area contributed by atoms with Crippen molar-refractivity contribution in [3.05, 3.63) is 35.1 Å². The Morgan fingerprint density at radius 3 is 3.07 bits per heavy atom. The maximum absolute atomic E-state index is 10.4. The van der Waals surface area contributed by atoms with Crippen LogP contribution in [0.5, 0.6) is 0 Å². The average molecular weight is 207 g/mol. The van der Waals surface area contributed by atoms with Crippen LogP contribution in [0.3, 0.4) is 0 Å². The SMILES string of the molecule is O=CCc1nncc2cc(Cl)ccc12. The molecule has 70 valence electrons. The first-order valence-electron chi connectivity index (χ1n) is 4.15. The molecule has 0 unspecified atom stereocenters. The summed E-state index contributed by atoms with van der Waals surface area (Å²) < 4.78 is 0.